The number of rotatable bonds is 11. The first-order valence-corrected chi connectivity index (χ1v) is 10.2. The number of hydrogen-bond donors (Lipinski definition) is 2. The molecule has 36 heavy (non-hydrogen) atoms. The van der Waals surface area contributed by atoms with Gasteiger partial charge in [-0.15, -0.1) is 13.2 Å². The Morgan fingerprint density at radius 2 is 1.44 bits per heavy atom. The molecule has 2 N–H and O–H groups in total. The first kappa shape index (κ1) is 28.7. The Labute approximate surface area is 199 Å². The average Bonchev–Trinajstić information content (AvgIpc) is 2.76. The lowest BCUT2D eigenvalue weighted by Gasteiger charge is -2.19. The molecule has 0 fully saturated rings. The summed E-state index contributed by atoms with van der Waals surface area (Å²) in [5, 5.41) is 4.30. The molecule has 6 nitrogen and oxygen atoms in total. The van der Waals surface area contributed by atoms with Crippen LogP contribution in [0, 0.1) is 0 Å². The van der Waals surface area contributed by atoms with E-state index in [2.05, 4.69) is 10.1 Å². The minimum atomic E-state index is -4.91. The fourth-order valence-electron chi connectivity index (χ4n) is 2.80. The van der Waals surface area contributed by atoms with Crippen molar-refractivity contribution in [3.8, 4) is 11.5 Å². The second-order valence-electron chi connectivity index (χ2n) is 7.30. The number of nitrogens with one attached hydrogen (secondary N) is 2. The van der Waals surface area contributed by atoms with E-state index in [0.717, 1.165) is 12.1 Å². The van der Waals surface area contributed by atoms with Crippen molar-refractivity contribution in [3.63, 3.8) is 0 Å². The lowest BCUT2D eigenvalue weighted by atomic mass is 10.0. The largest absolute Gasteiger partial charge is 0.573 e. The van der Waals surface area contributed by atoms with Gasteiger partial charge in [0.05, 0.1) is 19.6 Å². The molecule has 0 spiro atoms. The summed E-state index contributed by atoms with van der Waals surface area (Å²) < 4.78 is 107. The SMILES string of the molecule is O=C(NC(Cc1ccc(OC(F)(F)F)cc1)C(=O)NCC(F)F)c1ccc(OCCC(F)(F)F)cc1. The first-order chi connectivity index (χ1) is 16.7. The van der Waals surface area contributed by atoms with Crippen LogP contribution in [0.1, 0.15) is 22.3 Å². The van der Waals surface area contributed by atoms with Crippen LogP contribution in [0.4, 0.5) is 35.1 Å². The molecule has 0 saturated carbocycles. The normalized spacial score (nSPS) is 12.7. The summed E-state index contributed by atoms with van der Waals surface area (Å²) in [7, 11) is 0. The van der Waals surface area contributed by atoms with Gasteiger partial charge in [0, 0.05) is 12.0 Å². The lowest BCUT2D eigenvalue weighted by molar-refractivity contribution is -0.274. The van der Waals surface area contributed by atoms with Crippen molar-refractivity contribution < 1.29 is 54.2 Å². The third-order valence-corrected chi connectivity index (χ3v) is 4.42. The molecule has 14 heteroatoms. The van der Waals surface area contributed by atoms with Gasteiger partial charge < -0.3 is 20.1 Å². The maximum Gasteiger partial charge on any atom is 0.573 e. The Hall–Kier alpha value is -3.58. The zero-order chi connectivity index (χ0) is 26.9. The highest BCUT2D eigenvalue weighted by Crippen LogP contribution is 2.23. The van der Waals surface area contributed by atoms with Crippen molar-refractivity contribution in [2.75, 3.05) is 13.2 Å². The molecule has 198 valence electrons. The molecular weight excluding hydrogens is 508 g/mol. The third kappa shape index (κ3) is 10.8. The third-order valence-electron chi connectivity index (χ3n) is 4.42. The molecule has 1 atom stereocenters. The summed E-state index contributed by atoms with van der Waals surface area (Å²) in [4.78, 5) is 25.0. The summed E-state index contributed by atoms with van der Waals surface area (Å²) >= 11 is 0. The summed E-state index contributed by atoms with van der Waals surface area (Å²) in [6.07, 6.45) is -13.6. The van der Waals surface area contributed by atoms with Crippen LogP contribution in [0.5, 0.6) is 11.5 Å². The van der Waals surface area contributed by atoms with Crippen LogP contribution in [-0.4, -0.2) is 50.0 Å². The smallest absolute Gasteiger partial charge is 0.493 e. The molecule has 0 heterocycles. The van der Waals surface area contributed by atoms with Crippen molar-refractivity contribution in [1.29, 1.82) is 0 Å². The summed E-state index contributed by atoms with van der Waals surface area (Å²) in [5.41, 5.74) is 0.272. The zero-order valence-corrected chi connectivity index (χ0v) is 18.3. The Balaban J connectivity index is 2.07. The highest BCUT2D eigenvalue weighted by atomic mass is 19.4. The maximum absolute atomic E-state index is 12.6. The molecule has 0 aliphatic carbocycles. The van der Waals surface area contributed by atoms with Crippen LogP contribution >= 0.6 is 0 Å². The maximum atomic E-state index is 12.6. The van der Waals surface area contributed by atoms with E-state index in [9.17, 15) is 44.7 Å². The molecule has 0 bridgehead atoms. The topological polar surface area (TPSA) is 76.7 Å². The molecular formula is C22H20F8N2O4. The number of carbonyl (C=O) groups is 2. The van der Waals surface area contributed by atoms with Crippen LogP contribution < -0.4 is 20.1 Å². The number of benzene rings is 2. The van der Waals surface area contributed by atoms with Crippen LogP contribution in [0.25, 0.3) is 0 Å². The van der Waals surface area contributed by atoms with Gasteiger partial charge in [0.1, 0.15) is 17.5 Å². The van der Waals surface area contributed by atoms with Gasteiger partial charge in [0.25, 0.3) is 12.3 Å². The Bertz CT molecular complexity index is 993. The van der Waals surface area contributed by atoms with Gasteiger partial charge >= 0.3 is 12.5 Å². The standard InChI is InChI=1S/C22H20F8N2O4/c23-18(24)12-31-20(34)17(11-13-1-5-16(6-2-13)36-22(28,29)30)32-19(33)14-3-7-15(8-4-14)35-10-9-21(25,26)27/h1-8,17-18H,9-12H2,(H,31,34)(H,32,33). The first-order valence-electron chi connectivity index (χ1n) is 10.2. The van der Waals surface area contributed by atoms with Crippen molar-refractivity contribution in [2.24, 2.45) is 0 Å². The van der Waals surface area contributed by atoms with Gasteiger partial charge in [-0.1, -0.05) is 12.1 Å². The van der Waals surface area contributed by atoms with Crippen molar-refractivity contribution in [1.82, 2.24) is 10.6 Å². The number of ether oxygens (including phenoxy) is 2. The number of halogens is 8. The van der Waals surface area contributed by atoms with Gasteiger partial charge in [-0.2, -0.15) is 13.2 Å². The highest BCUT2D eigenvalue weighted by molar-refractivity contribution is 5.97. The van der Waals surface area contributed by atoms with Crippen LogP contribution in [0.3, 0.4) is 0 Å². The van der Waals surface area contributed by atoms with Crippen LogP contribution in [-0.2, 0) is 11.2 Å². The van der Waals surface area contributed by atoms with Gasteiger partial charge in [-0.25, -0.2) is 8.78 Å². The lowest BCUT2D eigenvalue weighted by Crippen LogP contribution is -2.49. The minimum Gasteiger partial charge on any atom is -0.493 e. The second kappa shape index (κ2) is 12.4. The van der Waals surface area contributed by atoms with Crippen LogP contribution in [0.15, 0.2) is 48.5 Å². The molecule has 0 aliphatic heterocycles. The van der Waals surface area contributed by atoms with E-state index in [1.807, 2.05) is 5.32 Å². The van der Waals surface area contributed by atoms with Gasteiger partial charge in [0.15, 0.2) is 0 Å². The monoisotopic (exact) mass is 528 g/mol. The van der Waals surface area contributed by atoms with Crippen molar-refractivity contribution >= 4 is 11.8 Å². The predicted octanol–water partition coefficient (Wildman–Crippen LogP) is 4.64. The molecule has 2 aromatic carbocycles. The molecule has 2 rings (SSSR count). The minimum absolute atomic E-state index is 0.0150. The average molecular weight is 528 g/mol. The molecule has 0 radical (unpaired) electrons. The number of hydrogen-bond acceptors (Lipinski definition) is 4. The molecule has 0 aliphatic rings. The van der Waals surface area contributed by atoms with E-state index in [1.54, 1.807) is 0 Å². The Kier molecular flexibility index (Phi) is 9.87. The van der Waals surface area contributed by atoms with Crippen molar-refractivity contribution in [2.45, 2.75) is 37.8 Å². The van der Waals surface area contributed by atoms with Gasteiger partial charge in [-0.3, -0.25) is 9.59 Å². The van der Waals surface area contributed by atoms with E-state index in [4.69, 9.17) is 4.74 Å². The van der Waals surface area contributed by atoms with E-state index >= 15 is 0 Å². The number of carbonyl (C=O) groups excluding carboxylic acids is 2. The Morgan fingerprint density at radius 3 is 1.97 bits per heavy atom. The summed E-state index contributed by atoms with van der Waals surface area (Å²) in [6, 6.07) is 7.89. The number of amides is 2. The zero-order valence-electron chi connectivity index (χ0n) is 18.3. The summed E-state index contributed by atoms with van der Waals surface area (Å²) in [6.45, 7) is -1.62. The highest BCUT2D eigenvalue weighted by Gasteiger charge is 2.31. The number of alkyl halides is 8. The molecule has 0 saturated heterocycles. The van der Waals surface area contributed by atoms with Crippen LogP contribution in [0.2, 0.25) is 0 Å². The second-order valence-corrected chi connectivity index (χ2v) is 7.30. The fraction of sp³-hybridized carbons (Fsp3) is 0.364. The van der Waals surface area contributed by atoms with Gasteiger partial charge in [0.2, 0.25) is 5.91 Å². The fourth-order valence-corrected chi connectivity index (χ4v) is 2.80. The van der Waals surface area contributed by atoms with Gasteiger partial charge in [-0.05, 0) is 42.0 Å². The van der Waals surface area contributed by atoms with E-state index in [0.29, 0.717) is 0 Å². The summed E-state index contributed by atoms with van der Waals surface area (Å²) in [5.74, 6) is -2.24. The Morgan fingerprint density at radius 1 is 0.861 bits per heavy atom. The molecule has 1 unspecified atom stereocenters. The van der Waals surface area contributed by atoms with Crippen molar-refractivity contribution in [3.05, 3.63) is 59.7 Å². The van der Waals surface area contributed by atoms with E-state index in [-0.39, 0.29) is 23.3 Å². The molecule has 2 amide bonds. The molecule has 0 aromatic heterocycles. The predicted molar refractivity (Wildman–Crippen MR) is 110 cm³/mol. The van der Waals surface area contributed by atoms with E-state index < -0.39 is 62.1 Å². The molecule has 2 aromatic rings. The quantitative estimate of drug-likeness (QED) is 0.417. The van der Waals surface area contributed by atoms with E-state index in [1.165, 1.54) is 36.4 Å².